The highest BCUT2D eigenvalue weighted by atomic mass is 35.5. The topological polar surface area (TPSA) is 52.3 Å². The Labute approximate surface area is 145 Å². The van der Waals surface area contributed by atoms with Crippen molar-refractivity contribution < 1.29 is 4.74 Å². The van der Waals surface area contributed by atoms with Gasteiger partial charge in [0.05, 0.1) is 6.21 Å². The largest absolute Gasteiger partial charge is 0.489 e. The average Bonchev–Trinajstić information content (AvgIpc) is 2.92. The maximum absolute atomic E-state index is 5.87. The normalized spacial score (nSPS) is 11.1. The van der Waals surface area contributed by atoms with Gasteiger partial charge in [0, 0.05) is 5.02 Å². The fraction of sp³-hybridized carbons (Fsp3) is 0.167. The molecule has 0 N–H and O–H groups in total. The molecule has 0 spiro atoms. The third kappa shape index (κ3) is 4.00. The highest BCUT2D eigenvalue weighted by Crippen LogP contribution is 2.15. The van der Waals surface area contributed by atoms with Gasteiger partial charge in [0.15, 0.2) is 11.6 Å². The van der Waals surface area contributed by atoms with Crippen molar-refractivity contribution >= 4 is 17.8 Å². The molecule has 0 aliphatic rings. The molecule has 0 amide bonds. The van der Waals surface area contributed by atoms with Crippen molar-refractivity contribution in [2.45, 2.75) is 20.5 Å². The third-order valence-corrected chi connectivity index (χ3v) is 3.73. The Morgan fingerprint density at radius 2 is 1.62 bits per heavy atom. The van der Waals surface area contributed by atoms with E-state index in [0.29, 0.717) is 6.61 Å². The van der Waals surface area contributed by atoms with Gasteiger partial charge in [0.25, 0.3) is 0 Å². The molecular weight excluding hydrogens is 324 g/mol. The first kappa shape index (κ1) is 16.2. The van der Waals surface area contributed by atoms with Crippen LogP contribution in [0.3, 0.4) is 0 Å². The Morgan fingerprint density at radius 3 is 2.25 bits per heavy atom. The van der Waals surface area contributed by atoms with E-state index in [1.807, 2.05) is 62.4 Å². The minimum atomic E-state index is 0.504. The van der Waals surface area contributed by atoms with E-state index in [2.05, 4.69) is 15.3 Å². The van der Waals surface area contributed by atoms with Crippen molar-refractivity contribution in [3.8, 4) is 5.75 Å². The second kappa shape index (κ2) is 7.27. The Balaban J connectivity index is 1.62. The lowest BCUT2D eigenvalue weighted by Crippen LogP contribution is -1.97. The van der Waals surface area contributed by atoms with Gasteiger partial charge in [-0.05, 0) is 61.4 Å². The second-order valence-corrected chi connectivity index (χ2v) is 5.77. The van der Waals surface area contributed by atoms with Crippen molar-refractivity contribution in [2.24, 2.45) is 5.10 Å². The average molecular weight is 341 g/mol. The molecule has 0 radical (unpaired) electrons. The number of hydrogen-bond acceptors (Lipinski definition) is 4. The molecule has 0 saturated carbocycles. The molecule has 3 rings (SSSR count). The van der Waals surface area contributed by atoms with E-state index < -0.39 is 0 Å². The molecule has 122 valence electrons. The number of rotatable bonds is 5. The molecule has 0 aliphatic heterocycles. The molecule has 5 nitrogen and oxygen atoms in total. The highest BCUT2D eigenvalue weighted by Gasteiger charge is 2.01. The second-order valence-electron chi connectivity index (χ2n) is 5.33. The fourth-order valence-corrected chi connectivity index (χ4v) is 2.28. The van der Waals surface area contributed by atoms with Gasteiger partial charge in [0.2, 0.25) is 0 Å². The Morgan fingerprint density at radius 1 is 1.00 bits per heavy atom. The number of aromatic nitrogens is 3. The summed E-state index contributed by atoms with van der Waals surface area (Å²) >= 11 is 5.87. The zero-order valence-electron chi connectivity index (χ0n) is 13.5. The summed E-state index contributed by atoms with van der Waals surface area (Å²) in [6.45, 7) is 4.24. The summed E-state index contributed by atoms with van der Waals surface area (Å²) in [5, 5.41) is 13.0. The Kier molecular flexibility index (Phi) is 4.91. The van der Waals surface area contributed by atoms with E-state index in [-0.39, 0.29) is 0 Å². The van der Waals surface area contributed by atoms with E-state index in [1.165, 1.54) is 0 Å². The van der Waals surface area contributed by atoms with E-state index in [0.717, 1.165) is 33.5 Å². The van der Waals surface area contributed by atoms with Gasteiger partial charge >= 0.3 is 0 Å². The van der Waals surface area contributed by atoms with Crippen molar-refractivity contribution in [3.63, 3.8) is 0 Å². The monoisotopic (exact) mass is 340 g/mol. The molecule has 0 saturated heterocycles. The van der Waals surface area contributed by atoms with E-state index in [1.54, 1.807) is 10.9 Å². The molecule has 1 heterocycles. The van der Waals surface area contributed by atoms with Crippen LogP contribution in [0.5, 0.6) is 5.75 Å². The maximum atomic E-state index is 5.87. The van der Waals surface area contributed by atoms with Crippen molar-refractivity contribution in [1.82, 2.24) is 14.9 Å². The summed E-state index contributed by atoms with van der Waals surface area (Å²) in [5.74, 6) is 2.32. The van der Waals surface area contributed by atoms with Crippen molar-refractivity contribution in [2.75, 3.05) is 0 Å². The smallest absolute Gasteiger partial charge is 0.151 e. The summed E-state index contributed by atoms with van der Waals surface area (Å²) in [7, 11) is 0. The predicted molar refractivity (Wildman–Crippen MR) is 94.7 cm³/mol. The SMILES string of the molecule is Cc1nnc(C)n1/N=C/c1ccc(OCc2ccc(Cl)cc2)cc1. The fourth-order valence-electron chi connectivity index (χ4n) is 2.15. The van der Waals surface area contributed by atoms with Crippen LogP contribution >= 0.6 is 11.6 Å². The van der Waals surface area contributed by atoms with Crippen LogP contribution in [0.4, 0.5) is 0 Å². The summed E-state index contributed by atoms with van der Waals surface area (Å²) < 4.78 is 7.46. The Bertz CT molecular complexity index is 819. The van der Waals surface area contributed by atoms with Gasteiger partial charge in [0.1, 0.15) is 12.4 Å². The lowest BCUT2D eigenvalue weighted by Gasteiger charge is -2.06. The molecule has 0 unspecified atom stereocenters. The van der Waals surface area contributed by atoms with Gasteiger partial charge < -0.3 is 4.74 Å². The number of aryl methyl sites for hydroxylation is 2. The van der Waals surface area contributed by atoms with Crippen LogP contribution in [-0.4, -0.2) is 21.1 Å². The third-order valence-electron chi connectivity index (χ3n) is 3.47. The van der Waals surface area contributed by atoms with Crippen molar-refractivity contribution in [1.29, 1.82) is 0 Å². The lowest BCUT2D eigenvalue weighted by molar-refractivity contribution is 0.306. The van der Waals surface area contributed by atoms with Crippen LogP contribution in [-0.2, 0) is 6.61 Å². The first-order valence-corrected chi connectivity index (χ1v) is 7.90. The molecule has 0 atom stereocenters. The van der Waals surface area contributed by atoms with Gasteiger partial charge in [-0.2, -0.15) is 5.10 Å². The number of halogens is 1. The molecule has 6 heteroatoms. The molecular formula is C18H17ClN4O. The zero-order valence-corrected chi connectivity index (χ0v) is 14.2. The van der Waals surface area contributed by atoms with Gasteiger partial charge in [-0.15, -0.1) is 10.2 Å². The van der Waals surface area contributed by atoms with Crippen LogP contribution in [0.1, 0.15) is 22.8 Å². The number of benzene rings is 2. The number of nitrogens with zero attached hydrogens (tertiary/aromatic N) is 4. The molecule has 0 fully saturated rings. The standard InChI is InChI=1S/C18H17ClN4O/c1-13-21-22-14(2)23(13)20-11-15-5-9-18(10-6-15)24-12-16-3-7-17(19)8-4-16/h3-11H,12H2,1-2H3/b20-11+. The van der Waals surface area contributed by atoms with Crippen LogP contribution in [0.2, 0.25) is 5.02 Å². The predicted octanol–water partition coefficient (Wildman–Crippen LogP) is 4.01. The van der Waals surface area contributed by atoms with E-state index in [9.17, 15) is 0 Å². The lowest BCUT2D eigenvalue weighted by atomic mass is 10.2. The molecule has 0 aliphatic carbocycles. The van der Waals surface area contributed by atoms with Crippen LogP contribution in [0.25, 0.3) is 0 Å². The maximum Gasteiger partial charge on any atom is 0.151 e. The molecule has 3 aromatic rings. The van der Waals surface area contributed by atoms with Gasteiger partial charge in [-0.1, -0.05) is 23.7 Å². The summed E-state index contributed by atoms with van der Waals surface area (Å²) in [4.78, 5) is 0. The number of ether oxygens (including phenoxy) is 1. The van der Waals surface area contributed by atoms with Gasteiger partial charge in [-0.25, -0.2) is 4.68 Å². The summed E-state index contributed by atoms with van der Waals surface area (Å²) in [6.07, 6.45) is 1.77. The molecule has 1 aromatic heterocycles. The molecule has 2 aromatic carbocycles. The van der Waals surface area contributed by atoms with Crippen molar-refractivity contribution in [3.05, 3.63) is 76.3 Å². The summed E-state index contributed by atoms with van der Waals surface area (Å²) in [5.41, 5.74) is 2.05. The number of hydrogen-bond donors (Lipinski definition) is 0. The molecule has 0 bridgehead atoms. The van der Waals surface area contributed by atoms with Gasteiger partial charge in [-0.3, -0.25) is 0 Å². The van der Waals surface area contributed by atoms with Crippen LogP contribution in [0.15, 0.2) is 53.6 Å². The minimum absolute atomic E-state index is 0.504. The quantitative estimate of drug-likeness (QED) is 0.659. The first-order chi connectivity index (χ1) is 11.6. The van der Waals surface area contributed by atoms with E-state index >= 15 is 0 Å². The highest BCUT2D eigenvalue weighted by molar-refractivity contribution is 6.30. The molecule has 24 heavy (non-hydrogen) atoms. The first-order valence-electron chi connectivity index (χ1n) is 7.52. The van der Waals surface area contributed by atoms with Crippen LogP contribution < -0.4 is 4.74 Å². The van der Waals surface area contributed by atoms with Crippen LogP contribution in [0, 0.1) is 13.8 Å². The minimum Gasteiger partial charge on any atom is -0.489 e. The Hall–Kier alpha value is -2.66. The van der Waals surface area contributed by atoms with E-state index in [4.69, 9.17) is 16.3 Å². The zero-order chi connectivity index (χ0) is 16.9. The summed E-state index contributed by atoms with van der Waals surface area (Å²) in [6, 6.07) is 15.4.